The summed E-state index contributed by atoms with van der Waals surface area (Å²) in [5.74, 6) is -0.686. The summed E-state index contributed by atoms with van der Waals surface area (Å²) in [6.45, 7) is 0. The molecule has 0 fully saturated rings. The molecule has 132 valence electrons. The predicted molar refractivity (Wildman–Crippen MR) is 97.0 cm³/mol. The Morgan fingerprint density at radius 2 is 1.77 bits per heavy atom. The molecule has 0 N–H and O–H groups in total. The SMILES string of the molecule is CN(C)C(=O)[C@@H](OC(=O)/C=C/c1nc2ccccc2o1)c1ccccc1. The second kappa shape index (κ2) is 7.65. The smallest absolute Gasteiger partial charge is 0.332 e. The molecular formula is C20H18N2O4. The van der Waals surface area contributed by atoms with Gasteiger partial charge in [0.1, 0.15) is 5.52 Å². The molecule has 0 saturated carbocycles. The Kier molecular flexibility index (Phi) is 5.12. The number of hydrogen-bond acceptors (Lipinski definition) is 5. The Bertz CT molecular complexity index is 912. The molecule has 0 aliphatic carbocycles. The van der Waals surface area contributed by atoms with E-state index < -0.39 is 12.1 Å². The Hall–Kier alpha value is -3.41. The van der Waals surface area contributed by atoms with E-state index in [1.165, 1.54) is 17.1 Å². The number of fused-ring (bicyclic) bond motifs is 1. The van der Waals surface area contributed by atoms with E-state index >= 15 is 0 Å². The van der Waals surface area contributed by atoms with Gasteiger partial charge in [-0.3, -0.25) is 4.79 Å². The first-order valence-corrected chi connectivity index (χ1v) is 8.05. The minimum Gasteiger partial charge on any atom is -0.444 e. The maximum absolute atomic E-state index is 12.4. The number of hydrogen-bond donors (Lipinski definition) is 0. The van der Waals surface area contributed by atoms with Gasteiger partial charge in [-0.1, -0.05) is 42.5 Å². The third-order valence-electron chi connectivity index (χ3n) is 3.67. The van der Waals surface area contributed by atoms with E-state index in [0.29, 0.717) is 22.6 Å². The van der Waals surface area contributed by atoms with Crippen molar-refractivity contribution in [2.24, 2.45) is 0 Å². The molecule has 1 atom stereocenters. The summed E-state index contributed by atoms with van der Waals surface area (Å²) >= 11 is 0. The number of aromatic nitrogens is 1. The standard InChI is InChI=1S/C20H18N2O4/c1-22(2)20(24)19(14-8-4-3-5-9-14)26-18(23)13-12-17-21-15-10-6-7-11-16(15)25-17/h3-13,19H,1-2H3/b13-12+/t19-/m0/s1. The van der Waals surface area contributed by atoms with E-state index in [1.807, 2.05) is 24.3 Å². The highest BCUT2D eigenvalue weighted by Gasteiger charge is 2.25. The number of oxazole rings is 1. The molecule has 3 rings (SSSR count). The Morgan fingerprint density at radius 1 is 1.08 bits per heavy atom. The first-order chi connectivity index (χ1) is 12.5. The average molecular weight is 350 g/mol. The third-order valence-corrected chi connectivity index (χ3v) is 3.67. The first-order valence-electron chi connectivity index (χ1n) is 8.05. The average Bonchev–Trinajstić information content (AvgIpc) is 3.07. The zero-order valence-electron chi connectivity index (χ0n) is 14.5. The van der Waals surface area contributed by atoms with E-state index in [-0.39, 0.29) is 5.91 Å². The van der Waals surface area contributed by atoms with Crippen molar-refractivity contribution in [2.45, 2.75) is 6.10 Å². The van der Waals surface area contributed by atoms with Crippen LogP contribution in [0.4, 0.5) is 0 Å². The van der Waals surface area contributed by atoms with Crippen molar-refractivity contribution in [1.29, 1.82) is 0 Å². The number of para-hydroxylation sites is 2. The first kappa shape index (κ1) is 17.4. The lowest BCUT2D eigenvalue weighted by atomic mass is 10.1. The van der Waals surface area contributed by atoms with Crippen molar-refractivity contribution >= 4 is 29.1 Å². The van der Waals surface area contributed by atoms with Crippen molar-refractivity contribution in [1.82, 2.24) is 9.88 Å². The zero-order valence-corrected chi connectivity index (χ0v) is 14.5. The highest BCUT2D eigenvalue weighted by Crippen LogP contribution is 2.20. The van der Waals surface area contributed by atoms with Crippen LogP contribution in [-0.4, -0.2) is 35.9 Å². The van der Waals surface area contributed by atoms with Gasteiger partial charge in [-0.25, -0.2) is 9.78 Å². The topological polar surface area (TPSA) is 72.6 Å². The molecule has 3 aromatic rings. The molecule has 0 unspecified atom stereocenters. The predicted octanol–water partition coefficient (Wildman–Crippen LogP) is 3.21. The van der Waals surface area contributed by atoms with Crippen LogP contribution in [0.15, 0.2) is 65.1 Å². The Labute approximate surface area is 150 Å². The quantitative estimate of drug-likeness (QED) is 0.522. The maximum Gasteiger partial charge on any atom is 0.332 e. The molecular weight excluding hydrogens is 332 g/mol. The van der Waals surface area contributed by atoms with Gasteiger partial charge in [0.25, 0.3) is 5.91 Å². The number of rotatable bonds is 5. The van der Waals surface area contributed by atoms with Gasteiger partial charge < -0.3 is 14.1 Å². The summed E-state index contributed by atoms with van der Waals surface area (Å²) in [5.41, 5.74) is 1.94. The molecule has 0 aliphatic heterocycles. The molecule has 6 heteroatoms. The summed E-state index contributed by atoms with van der Waals surface area (Å²) in [7, 11) is 3.22. The van der Waals surface area contributed by atoms with Crippen molar-refractivity contribution in [3.05, 3.63) is 72.1 Å². The van der Waals surface area contributed by atoms with E-state index in [1.54, 1.807) is 44.4 Å². The van der Waals surface area contributed by atoms with Crippen LogP contribution in [0.1, 0.15) is 17.6 Å². The Balaban J connectivity index is 1.76. The van der Waals surface area contributed by atoms with Gasteiger partial charge in [-0.05, 0) is 12.1 Å². The van der Waals surface area contributed by atoms with Gasteiger partial charge >= 0.3 is 5.97 Å². The van der Waals surface area contributed by atoms with E-state index in [2.05, 4.69) is 4.98 Å². The molecule has 1 heterocycles. The highest BCUT2D eigenvalue weighted by molar-refractivity contribution is 5.90. The molecule has 1 amide bonds. The Morgan fingerprint density at radius 3 is 2.46 bits per heavy atom. The summed E-state index contributed by atoms with van der Waals surface area (Å²) in [6.07, 6.45) is 1.61. The van der Waals surface area contributed by atoms with Gasteiger partial charge in [0, 0.05) is 31.8 Å². The van der Waals surface area contributed by atoms with Crippen LogP contribution in [-0.2, 0) is 14.3 Å². The van der Waals surface area contributed by atoms with E-state index in [9.17, 15) is 9.59 Å². The number of benzene rings is 2. The largest absolute Gasteiger partial charge is 0.444 e. The fourth-order valence-electron chi connectivity index (χ4n) is 2.38. The van der Waals surface area contributed by atoms with E-state index in [0.717, 1.165) is 0 Å². The van der Waals surface area contributed by atoms with Gasteiger partial charge in [0.2, 0.25) is 12.0 Å². The molecule has 0 spiro atoms. The normalized spacial score (nSPS) is 12.2. The number of carbonyl (C=O) groups is 2. The summed E-state index contributed by atoms with van der Waals surface area (Å²) in [6, 6.07) is 16.2. The molecule has 2 aromatic carbocycles. The lowest BCUT2D eigenvalue weighted by Crippen LogP contribution is -2.30. The van der Waals surface area contributed by atoms with Crippen molar-refractivity contribution in [3.63, 3.8) is 0 Å². The number of ether oxygens (including phenoxy) is 1. The van der Waals surface area contributed by atoms with E-state index in [4.69, 9.17) is 9.15 Å². The molecule has 1 aromatic heterocycles. The van der Waals surface area contributed by atoms with Crippen molar-refractivity contribution < 1.29 is 18.7 Å². The highest BCUT2D eigenvalue weighted by atomic mass is 16.5. The van der Waals surface area contributed by atoms with Gasteiger partial charge in [-0.15, -0.1) is 0 Å². The molecule has 0 radical (unpaired) electrons. The van der Waals surface area contributed by atoms with Crippen LogP contribution in [0, 0.1) is 0 Å². The fraction of sp³-hybridized carbons (Fsp3) is 0.150. The zero-order chi connectivity index (χ0) is 18.5. The minimum atomic E-state index is -1.01. The van der Waals surface area contributed by atoms with Gasteiger partial charge in [0.15, 0.2) is 5.58 Å². The molecule has 6 nitrogen and oxygen atoms in total. The van der Waals surface area contributed by atoms with Crippen LogP contribution in [0.3, 0.4) is 0 Å². The lowest BCUT2D eigenvalue weighted by molar-refractivity contribution is -0.155. The van der Waals surface area contributed by atoms with Gasteiger partial charge in [0.05, 0.1) is 0 Å². The monoisotopic (exact) mass is 350 g/mol. The molecule has 0 saturated heterocycles. The third kappa shape index (κ3) is 3.97. The molecule has 0 aliphatic rings. The summed E-state index contributed by atoms with van der Waals surface area (Å²) in [4.78, 5) is 30.2. The second-order valence-corrected chi connectivity index (χ2v) is 5.81. The van der Waals surface area contributed by atoms with Crippen LogP contribution in [0.5, 0.6) is 0 Å². The number of esters is 1. The van der Waals surface area contributed by atoms with Crippen molar-refractivity contribution in [3.8, 4) is 0 Å². The number of likely N-dealkylation sites (N-methyl/N-ethyl adjacent to an activating group) is 1. The molecule has 26 heavy (non-hydrogen) atoms. The maximum atomic E-state index is 12.4. The van der Waals surface area contributed by atoms with Crippen LogP contribution in [0.25, 0.3) is 17.2 Å². The van der Waals surface area contributed by atoms with Crippen LogP contribution < -0.4 is 0 Å². The summed E-state index contributed by atoms with van der Waals surface area (Å²) < 4.78 is 10.9. The van der Waals surface area contributed by atoms with Crippen molar-refractivity contribution in [2.75, 3.05) is 14.1 Å². The number of amides is 1. The number of nitrogens with zero attached hydrogens (tertiary/aromatic N) is 2. The minimum absolute atomic E-state index is 0.290. The van der Waals surface area contributed by atoms with Gasteiger partial charge in [-0.2, -0.15) is 0 Å². The lowest BCUT2D eigenvalue weighted by Gasteiger charge is -2.20. The summed E-state index contributed by atoms with van der Waals surface area (Å²) in [5, 5.41) is 0. The number of carbonyl (C=O) groups excluding carboxylic acids is 2. The molecule has 0 bridgehead atoms. The fourth-order valence-corrected chi connectivity index (χ4v) is 2.38. The van der Waals surface area contributed by atoms with Crippen LogP contribution >= 0.6 is 0 Å². The van der Waals surface area contributed by atoms with Crippen LogP contribution in [0.2, 0.25) is 0 Å². The second-order valence-electron chi connectivity index (χ2n) is 5.81.